The first-order valence-corrected chi connectivity index (χ1v) is 7.94. The van der Waals surface area contributed by atoms with Crippen LogP contribution in [0.3, 0.4) is 0 Å². The van der Waals surface area contributed by atoms with E-state index < -0.39 is 5.82 Å². The molecule has 3 aromatic rings. The van der Waals surface area contributed by atoms with Crippen molar-refractivity contribution in [2.75, 3.05) is 36.0 Å². The third-order valence-corrected chi connectivity index (χ3v) is 4.51. The summed E-state index contributed by atoms with van der Waals surface area (Å²) in [4.78, 5) is 16.5. The summed E-state index contributed by atoms with van der Waals surface area (Å²) in [6, 6.07) is 0. The summed E-state index contributed by atoms with van der Waals surface area (Å²) in [5.74, 6) is 0.460. The van der Waals surface area contributed by atoms with Crippen molar-refractivity contribution >= 4 is 34.1 Å². The molecule has 0 amide bonds. The Kier molecular flexibility index (Phi) is 3.68. The first-order valence-electron chi connectivity index (χ1n) is 7.57. The molecule has 4 heterocycles. The van der Waals surface area contributed by atoms with Gasteiger partial charge in [0.05, 0.1) is 28.5 Å². The molecule has 0 N–H and O–H groups in total. The molecule has 0 aromatic carbocycles. The molecule has 24 heavy (non-hydrogen) atoms. The second-order valence-corrected chi connectivity index (χ2v) is 6.04. The van der Waals surface area contributed by atoms with E-state index in [-0.39, 0.29) is 0 Å². The predicted octanol–water partition coefficient (Wildman–Crippen LogP) is 1.88. The number of piperazine rings is 1. The minimum atomic E-state index is -0.396. The van der Waals surface area contributed by atoms with Gasteiger partial charge in [0.1, 0.15) is 12.1 Å². The highest BCUT2D eigenvalue weighted by Gasteiger charge is 2.24. The van der Waals surface area contributed by atoms with Crippen molar-refractivity contribution in [3.05, 3.63) is 35.8 Å². The van der Waals surface area contributed by atoms with Crippen LogP contribution in [0.15, 0.2) is 24.9 Å². The zero-order valence-corrected chi connectivity index (χ0v) is 13.8. The van der Waals surface area contributed by atoms with E-state index in [1.807, 2.05) is 11.9 Å². The van der Waals surface area contributed by atoms with Gasteiger partial charge in [0.25, 0.3) is 0 Å². The van der Waals surface area contributed by atoms with Gasteiger partial charge in [0.2, 0.25) is 0 Å². The van der Waals surface area contributed by atoms with Crippen molar-refractivity contribution in [1.29, 1.82) is 0 Å². The lowest BCUT2D eigenvalue weighted by Crippen LogP contribution is -2.47. The van der Waals surface area contributed by atoms with Crippen LogP contribution < -0.4 is 9.80 Å². The molecule has 4 rings (SSSR count). The monoisotopic (exact) mass is 347 g/mol. The zero-order chi connectivity index (χ0) is 16.7. The maximum Gasteiger partial charge on any atom is 0.166 e. The molecule has 0 atom stereocenters. The summed E-state index contributed by atoms with van der Waals surface area (Å²) in [5.41, 5.74) is 1.21. The van der Waals surface area contributed by atoms with Gasteiger partial charge in [-0.25, -0.2) is 14.4 Å². The van der Waals surface area contributed by atoms with E-state index in [0.717, 1.165) is 16.9 Å². The van der Waals surface area contributed by atoms with Gasteiger partial charge in [0.15, 0.2) is 11.5 Å². The highest BCUT2D eigenvalue weighted by Crippen LogP contribution is 2.30. The molecule has 1 aliphatic heterocycles. The highest BCUT2D eigenvalue weighted by molar-refractivity contribution is 6.33. The van der Waals surface area contributed by atoms with E-state index in [2.05, 4.69) is 25.0 Å². The van der Waals surface area contributed by atoms with Crippen molar-refractivity contribution in [1.82, 2.24) is 24.7 Å². The van der Waals surface area contributed by atoms with E-state index in [0.29, 0.717) is 36.9 Å². The van der Waals surface area contributed by atoms with Crippen molar-refractivity contribution < 1.29 is 4.39 Å². The van der Waals surface area contributed by atoms with Crippen LogP contribution in [0.2, 0.25) is 5.02 Å². The quantitative estimate of drug-likeness (QED) is 0.705. The Hall–Kier alpha value is -2.48. The molecular formula is C15H15ClFN7. The molecule has 1 saturated heterocycles. The summed E-state index contributed by atoms with van der Waals surface area (Å²) >= 11 is 6.11. The molecule has 7 nitrogen and oxygen atoms in total. The number of rotatable bonds is 2. The van der Waals surface area contributed by atoms with E-state index in [4.69, 9.17) is 11.6 Å². The summed E-state index contributed by atoms with van der Waals surface area (Å²) < 4.78 is 15.8. The normalized spacial score (nSPS) is 15.3. The van der Waals surface area contributed by atoms with Crippen LogP contribution in [0.4, 0.5) is 15.9 Å². The molecule has 3 aromatic heterocycles. The number of aromatic nitrogens is 5. The number of pyridine rings is 1. The Morgan fingerprint density at radius 3 is 2.54 bits per heavy atom. The fourth-order valence-electron chi connectivity index (χ4n) is 3.05. The summed E-state index contributed by atoms with van der Waals surface area (Å²) in [6.07, 6.45) is 5.98. The third kappa shape index (κ3) is 2.43. The van der Waals surface area contributed by atoms with Gasteiger partial charge in [-0.1, -0.05) is 11.6 Å². The van der Waals surface area contributed by atoms with Crippen LogP contribution >= 0.6 is 11.6 Å². The van der Waals surface area contributed by atoms with Gasteiger partial charge in [-0.05, 0) is 0 Å². The number of hydrogen-bond donors (Lipinski definition) is 0. The maximum absolute atomic E-state index is 14.0. The maximum atomic E-state index is 14.0. The average Bonchev–Trinajstić information content (AvgIpc) is 2.97. The topological polar surface area (TPSA) is 63.0 Å². The highest BCUT2D eigenvalue weighted by atomic mass is 35.5. The number of fused-ring (bicyclic) bond motifs is 1. The fourth-order valence-corrected chi connectivity index (χ4v) is 3.32. The average molecular weight is 348 g/mol. The Balaban J connectivity index is 1.58. The predicted molar refractivity (Wildman–Crippen MR) is 89.9 cm³/mol. The zero-order valence-electron chi connectivity index (χ0n) is 13.0. The van der Waals surface area contributed by atoms with Crippen molar-refractivity contribution in [3.8, 4) is 0 Å². The molecule has 0 saturated carbocycles. The Labute approximate surface area is 142 Å². The standard InChI is InChI=1S/C15H15ClFN7/c1-22-14-10(6-21-22)15(20-9-19-14)24-4-2-23(3-5-24)13-11(16)7-18-8-12(13)17/h6-9H,2-5H2,1H3. The van der Waals surface area contributed by atoms with Gasteiger partial charge in [-0.15, -0.1) is 0 Å². The second kappa shape index (κ2) is 5.86. The second-order valence-electron chi connectivity index (χ2n) is 5.63. The van der Waals surface area contributed by atoms with E-state index in [9.17, 15) is 4.39 Å². The number of aryl methyl sites for hydroxylation is 1. The third-order valence-electron chi connectivity index (χ3n) is 4.23. The summed E-state index contributed by atoms with van der Waals surface area (Å²) in [7, 11) is 1.85. The lowest BCUT2D eigenvalue weighted by Gasteiger charge is -2.37. The largest absolute Gasteiger partial charge is 0.364 e. The number of halogens is 2. The Morgan fingerprint density at radius 2 is 1.79 bits per heavy atom. The van der Waals surface area contributed by atoms with Crippen LogP contribution in [0, 0.1) is 5.82 Å². The minimum Gasteiger partial charge on any atom is -0.364 e. The number of anilines is 2. The van der Waals surface area contributed by atoms with Crippen LogP contribution in [0.25, 0.3) is 11.0 Å². The van der Waals surface area contributed by atoms with Crippen LogP contribution in [-0.4, -0.2) is 50.9 Å². The minimum absolute atomic E-state index is 0.333. The Morgan fingerprint density at radius 1 is 1.04 bits per heavy atom. The van der Waals surface area contributed by atoms with Gasteiger partial charge in [0, 0.05) is 39.4 Å². The molecule has 9 heteroatoms. The van der Waals surface area contributed by atoms with Gasteiger partial charge in [-0.2, -0.15) is 5.10 Å². The van der Waals surface area contributed by atoms with Crippen LogP contribution in [-0.2, 0) is 7.05 Å². The van der Waals surface area contributed by atoms with Crippen LogP contribution in [0.5, 0.6) is 0 Å². The molecular weight excluding hydrogens is 333 g/mol. The Bertz CT molecular complexity index is 868. The summed E-state index contributed by atoms with van der Waals surface area (Å²) in [5, 5.41) is 5.49. The molecule has 1 aliphatic rings. The lowest BCUT2D eigenvalue weighted by atomic mass is 10.2. The van der Waals surface area contributed by atoms with Crippen molar-refractivity contribution in [3.63, 3.8) is 0 Å². The molecule has 0 radical (unpaired) electrons. The molecule has 1 fully saturated rings. The van der Waals surface area contributed by atoms with E-state index in [1.165, 1.54) is 12.4 Å². The van der Waals surface area contributed by atoms with Gasteiger partial charge in [-0.3, -0.25) is 9.67 Å². The van der Waals surface area contributed by atoms with E-state index in [1.54, 1.807) is 17.2 Å². The molecule has 0 spiro atoms. The molecule has 124 valence electrons. The number of hydrogen-bond acceptors (Lipinski definition) is 6. The van der Waals surface area contributed by atoms with Gasteiger partial charge >= 0.3 is 0 Å². The van der Waals surface area contributed by atoms with E-state index >= 15 is 0 Å². The molecule has 0 aliphatic carbocycles. The lowest BCUT2D eigenvalue weighted by molar-refractivity contribution is 0.592. The smallest absolute Gasteiger partial charge is 0.166 e. The van der Waals surface area contributed by atoms with Crippen molar-refractivity contribution in [2.24, 2.45) is 7.05 Å². The molecule has 0 bridgehead atoms. The fraction of sp³-hybridized carbons (Fsp3) is 0.333. The molecule has 0 unspecified atom stereocenters. The van der Waals surface area contributed by atoms with Crippen molar-refractivity contribution in [2.45, 2.75) is 0 Å². The first-order chi connectivity index (χ1) is 11.6. The summed E-state index contributed by atoms with van der Waals surface area (Å²) in [6.45, 7) is 2.71. The first kappa shape index (κ1) is 15.1. The van der Waals surface area contributed by atoms with Gasteiger partial charge < -0.3 is 9.80 Å². The SMILES string of the molecule is Cn1ncc2c(N3CCN(c4c(F)cncc4Cl)CC3)ncnc21. The number of nitrogens with zero attached hydrogens (tertiary/aromatic N) is 7. The van der Waals surface area contributed by atoms with Crippen LogP contribution in [0.1, 0.15) is 0 Å².